The van der Waals surface area contributed by atoms with Crippen LogP contribution in [0.5, 0.6) is 5.75 Å². The van der Waals surface area contributed by atoms with Crippen LogP contribution in [0.15, 0.2) is 45.6 Å². The maximum atomic E-state index is 13.1. The normalized spacial score (nSPS) is 14.7. The van der Waals surface area contributed by atoms with Crippen molar-refractivity contribution in [1.29, 1.82) is 0 Å². The molecule has 1 saturated heterocycles. The first kappa shape index (κ1) is 21.8. The molecule has 0 aliphatic carbocycles. The van der Waals surface area contributed by atoms with E-state index in [-0.39, 0.29) is 18.2 Å². The third kappa shape index (κ3) is 3.61. The topological polar surface area (TPSA) is 156 Å². The number of carbonyl (C=O) groups is 1. The lowest BCUT2D eigenvalue weighted by atomic mass is 9.95. The van der Waals surface area contributed by atoms with Gasteiger partial charge in [-0.15, -0.1) is 0 Å². The minimum atomic E-state index is -0.763. The molecule has 1 aliphatic rings. The van der Waals surface area contributed by atoms with Crippen LogP contribution in [0.1, 0.15) is 35.0 Å². The van der Waals surface area contributed by atoms with E-state index < -0.39 is 11.5 Å². The Morgan fingerprint density at radius 3 is 2.68 bits per heavy atom. The maximum absolute atomic E-state index is 13.1. The number of pyridine rings is 1. The number of oxazole rings is 1. The molecule has 0 spiro atoms. The Morgan fingerprint density at radius 2 is 1.97 bits per heavy atom. The molecule has 1 aliphatic heterocycles. The number of aryl methyl sites for hydroxylation is 1. The second kappa shape index (κ2) is 8.38. The molecule has 0 atom stereocenters. The molecule has 1 fully saturated rings. The monoisotopic (exact) mass is 462 g/mol. The SMILES string of the molecule is Cn1c(=O)c(C(N)=O)c(N2CCC(c3nc4cc(N)ccc4o3)CC2)c2cc(OCN)ccc21. The number of ether oxygens (including phenoxy) is 1. The zero-order valence-corrected chi connectivity index (χ0v) is 18.8. The van der Waals surface area contributed by atoms with E-state index in [0.29, 0.717) is 52.6 Å². The van der Waals surface area contributed by atoms with Crippen molar-refractivity contribution in [3.63, 3.8) is 0 Å². The number of benzene rings is 2. The minimum Gasteiger partial charge on any atom is -0.479 e. The van der Waals surface area contributed by atoms with Crippen LogP contribution in [-0.4, -0.2) is 35.3 Å². The fraction of sp³-hybridized carbons (Fsp3) is 0.292. The molecule has 34 heavy (non-hydrogen) atoms. The highest BCUT2D eigenvalue weighted by Crippen LogP contribution is 2.37. The fourth-order valence-electron chi connectivity index (χ4n) is 4.73. The number of hydrogen-bond acceptors (Lipinski definition) is 8. The van der Waals surface area contributed by atoms with Gasteiger partial charge in [0.25, 0.3) is 11.5 Å². The van der Waals surface area contributed by atoms with Crippen LogP contribution >= 0.6 is 0 Å². The van der Waals surface area contributed by atoms with Gasteiger partial charge in [0.15, 0.2) is 11.5 Å². The highest BCUT2D eigenvalue weighted by atomic mass is 16.5. The number of aromatic nitrogens is 2. The van der Waals surface area contributed by atoms with Gasteiger partial charge in [0, 0.05) is 37.1 Å². The molecule has 10 nitrogen and oxygen atoms in total. The lowest BCUT2D eigenvalue weighted by Gasteiger charge is -2.34. The second-order valence-electron chi connectivity index (χ2n) is 8.48. The standard InChI is InChI=1S/C24H26N6O4/c1-29-18-4-3-15(33-12-25)11-16(18)21(20(22(27)31)24(29)32)30-8-6-13(7-9-30)23-28-17-10-14(26)2-5-19(17)34-23/h2-5,10-11,13H,6-9,12,25-26H2,1H3,(H2,27,31). The summed E-state index contributed by atoms with van der Waals surface area (Å²) in [6.07, 6.45) is 1.46. The van der Waals surface area contributed by atoms with Crippen molar-refractivity contribution in [2.75, 3.05) is 30.5 Å². The summed E-state index contributed by atoms with van der Waals surface area (Å²) in [5.41, 5.74) is 19.9. The Bertz CT molecular complexity index is 1470. The largest absolute Gasteiger partial charge is 0.479 e. The number of anilines is 2. The summed E-state index contributed by atoms with van der Waals surface area (Å²) < 4.78 is 12.9. The van der Waals surface area contributed by atoms with Crippen molar-refractivity contribution >= 4 is 39.3 Å². The lowest BCUT2D eigenvalue weighted by Crippen LogP contribution is -2.38. The number of nitrogens with zero attached hydrogens (tertiary/aromatic N) is 3. The van der Waals surface area contributed by atoms with Gasteiger partial charge in [0.05, 0.1) is 11.2 Å². The third-order valence-electron chi connectivity index (χ3n) is 6.42. The van der Waals surface area contributed by atoms with E-state index in [2.05, 4.69) is 4.98 Å². The van der Waals surface area contributed by atoms with E-state index in [1.807, 2.05) is 11.0 Å². The molecule has 2 aromatic carbocycles. The number of hydrogen-bond donors (Lipinski definition) is 3. The summed E-state index contributed by atoms with van der Waals surface area (Å²) in [5, 5.41) is 0.706. The van der Waals surface area contributed by atoms with Crippen LogP contribution in [0.25, 0.3) is 22.0 Å². The molecule has 10 heteroatoms. The number of fused-ring (bicyclic) bond motifs is 2. The van der Waals surface area contributed by atoms with Gasteiger partial charge in [-0.2, -0.15) is 0 Å². The third-order valence-corrected chi connectivity index (χ3v) is 6.42. The van der Waals surface area contributed by atoms with Crippen molar-refractivity contribution in [3.05, 3.63) is 58.2 Å². The van der Waals surface area contributed by atoms with E-state index in [1.165, 1.54) is 4.57 Å². The first-order valence-electron chi connectivity index (χ1n) is 11.1. The Kier molecular flexibility index (Phi) is 5.37. The first-order valence-corrected chi connectivity index (χ1v) is 11.1. The molecule has 3 heterocycles. The van der Waals surface area contributed by atoms with Gasteiger partial charge in [-0.1, -0.05) is 0 Å². The number of amides is 1. The predicted octanol–water partition coefficient (Wildman–Crippen LogP) is 2.04. The highest BCUT2D eigenvalue weighted by molar-refractivity contribution is 6.07. The Hall–Kier alpha value is -4.05. The van der Waals surface area contributed by atoms with Crippen molar-refractivity contribution < 1.29 is 13.9 Å². The Morgan fingerprint density at radius 1 is 1.21 bits per heavy atom. The minimum absolute atomic E-state index is 0.0107. The molecular weight excluding hydrogens is 436 g/mol. The number of primary amides is 1. The summed E-state index contributed by atoms with van der Waals surface area (Å²) in [6.45, 7) is 1.20. The van der Waals surface area contributed by atoms with Crippen LogP contribution in [0.3, 0.4) is 0 Å². The Balaban J connectivity index is 1.53. The number of rotatable bonds is 5. The molecule has 6 N–H and O–H groups in total. The van der Waals surface area contributed by atoms with Gasteiger partial charge in [-0.25, -0.2) is 4.98 Å². The van der Waals surface area contributed by atoms with Gasteiger partial charge in [0.2, 0.25) is 0 Å². The Labute approximate surface area is 194 Å². The van der Waals surface area contributed by atoms with Crippen molar-refractivity contribution in [2.45, 2.75) is 18.8 Å². The average molecular weight is 463 g/mol. The van der Waals surface area contributed by atoms with Gasteiger partial charge < -0.3 is 30.1 Å². The molecule has 0 bridgehead atoms. The zero-order valence-electron chi connectivity index (χ0n) is 18.8. The summed E-state index contributed by atoms with van der Waals surface area (Å²) >= 11 is 0. The molecule has 176 valence electrons. The predicted molar refractivity (Wildman–Crippen MR) is 130 cm³/mol. The van der Waals surface area contributed by atoms with Crippen LogP contribution in [0.4, 0.5) is 11.4 Å². The smallest absolute Gasteiger partial charge is 0.265 e. The number of nitrogen functional groups attached to an aromatic ring is 1. The summed E-state index contributed by atoms with van der Waals surface area (Å²) in [7, 11) is 1.62. The summed E-state index contributed by atoms with van der Waals surface area (Å²) in [5.74, 6) is 0.561. The molecule has 0 radical (unpaired) electrons. The van der Waals surface area contributed by atoms with E-state index in [0.717, 1.165) is 18.4 Å². The number of nitrogens with two attached hydrogens (primary N) is 3. The van der Waals surface area contributed by atoms with Crippen LogP contribution in [0, 0.1) is 0 Å². The van der Waals surface area contributed by atoms with Crippen LogP contribution in [0.2, 0.25) is 0 Å². The highest BCUT2D eigenvalue weighted by Gasteiger charge is 2.30. The van der Waals surface area contributed by atoms with Gasteiger partial charge >= 0.3 is 0 Å². The van der Waals surface area contributed by atoms with E-state index in [1.54, 1.807) is 37.4 Å². The zero-order chi connectivity index (χ0) is 24.0. The van der Waals surface area contributed by atoms with E-state index >= 15 is 0 Å². The first-order chi connectivity index (χ1) is 16.4. The molecular formula is C24H26N6O4. The number of piperidine rings is 1. The van der Waals surface area contributed by atoms with E-state index in [4.69, 9.17) is 26.4 Å². The fourth-order valence-corrected chi connectivity index (χ4v) is 4.73. The van der Waals surface area contributed by atoms with Crippen LogP contribution in [-0.2, 0) is 7.05 Å². The molecule has 1 amide bonds. The molecule has 0 unspecified atom stereocenters. The summed E-state index contributed by atoms with van der Waals surface area (Å²) in [6, 6.07) is 10.7. The molecule has 2 aromatic heterocycles. The molecule has 0 saturated carbocycles. The molecule has 5 rings (SSSR count). The van der Waals surface area contributed by atoms with Crippen LogP contribution < -0.4 is 32.4 Å². The quantitative estimate of drug-likeness (QED) is 0.300. The lowest BCUT2D eigenvalue weighted by molar-refractivity contribution is 0.0999. The van der Waals surface area contributed by atoms with Gasteiger partial charge in [0.1, 0.15) is 23.6 Å². The second-order valence-corrected chi connectivity index (χ2v) is 8.48. The van der Waals surface area contributed by atoms with Crippen molar-refractivity contribution in [3.8, 4) is 5.75 Å². The van der Waals surface area contributed by atoms with Crippen molar-refractivity contribution in [1.82, 2.24) is 9.55 Å². The van der Waals surface area contributed by atoms with Gasteiger partial charge in [-0.3, -0.25) is 15.3 Å². The van der Waals surface area contributed by atoms with Crippen molar-refractivity contribution in [2.24, 2.45) is 18.5 Å². The average Bonchev–Trinajstić information content (AvgIpc) is 3.24. The van der Waals surface area contributed by atoms with E-state index in [9.17, 15) is 9.59 Å². The summed E-state index contributed by atoms with van der Waals surface area (Å²) in [4.78, 5) is 32.1. The maximum Gasteiger partial charge on any atom is 0.265 e. The number of carbonyl (C=O) groups excluding carboxylic acids is 1. The van der Waals surface area contributed by atoms with Gasteiger partial charge in [-0.05, 0) is 49.2 Å². The molecule has 4 aromatic rings.